The van der Waals surface area contributed by atoms with Gasteiger partial charge in [0, 0.05) is 25.4 Å². The highest BCUT2D eigenvalue weighted by Gasteiger charge is 2.21. The Labute approximate surface area is 113 Å². The van der Waals surface area contributed by atoms with Gasteiger partial charge in [-0.15, -0.1) is 0 Å². The van der Waals surface area contributed by atoms with E-state index in [1.165, 1.54) is 0 Å². The van der Waals surface area contributed by atoms with Crippen molar-refractivity contribution in [1.82, 2.24) is 0 Å². The number of anilines is 1. The molecule has 4 nitrogen and oxygen atoms in total. The standard InChI is InChI=1S/C15H21NO3/c17-11-3-1-2-9-16-10-5-7-12-13(15(18)19)6-4-8-14(12)16/h4,6,8,17H,1-3,5,7,9-11H2,(H,18,19). The zero-order valence-electron chi connectivity index (χ0n) is 11.1. The molecule has 1 aliphatic rings. The molecule has 0 spiro atoms. The van der Waals surface area contributed by atoms with Crippen LogP contribution < -0.4 is 4.90 Å². The summed E-state index contributed by atoms with van der Waals surface area (Å²) in [6.45, 7) is 2.19. The zero-order valence-corrected chi connectivity index (χ0v) is 11.1. The summed E-state index contributed by atoms with van der Waals surface area (Å²) in [5.74, 6) is -0.834. The summed E-state index contributed by atoms with van der Waals surface area (Å²) < 4.78 is 0. The van der Waals surface area contributed by atoms with E-state index in [1.54, 1.807) is 6.07 Å². The Morgan fingerprint density at radius 3 is 2.84 bits per heavy atom. The number of hydrogen-bond acceptors (Lipinski definition) is 3. The monoisotopic (exact) mass is 263 g/mol. The van der Waals surface area contributed by atoms with Crippen molar-refractivity contribution in [2.75, 3.05) is 24.6 Å². The van der Waals surface area contributed by atoms with Gasteiger partial charge >= 0.3 is 5.97 Å². The quantitative estimate of drug-likeness (QED) is 0.773. The summed E-state index contributed by atoms with van der Waals surface area (Å²) >= 11 is 0. The summed E-state index contributed by atoms with van der Waals surface area (Å²) in [6, 6.07) is 5.54. The largest absolute Gasteiger partial charge is 0.478 e. The number of unbranched alkanes of at least 4 members (excludes halogenated alkanes) is 2. The van der Waals surface area contributed by atoms with E-state index in [4.69, 9.17) is 5.11 Å². The predicted octanol–water partition coefficient (Wildman–Crippen LogP) is 2.30. The van der Waals surface area contributed by atoms with Crippen LogP contribution in [-0.2, 0) is 6.42 Å². The number of aromatic carboxylic acids is 1. The highest BCUT2D eigenvalue weighted by atomic mass is 16.4. The third-order valence-electron chi connectivity index (χ3n) is 3.66. The van der Waals surface area contributed by atoms with Gasteiger partial charge in [0.15, 0.2) is 0 Å². The van der Waals surface area contributed by atoms with Crippen LogP contribution in [0.15, 0.2) is 18.2 Å². The molecule has 0 aliphatic carbocycles. The second-order valence-corrected chi connectivity index (χ2v) is 4.98. The maximum Gasteiger partial charge on any atom is 0.336 e. The van der Waals surface area contributed by atoms with E-state index in [-0.39, 0.29) is 6.61 Å². The fraction of sp³-hybridized carbons (Fsp3) is 0.533. The zero-order chi connectivity index (χ0) is 13.7. The molecule has 1 heterocycles. The number of benzene rings is 1. The third kappa shape index (κ3) is 3.26. The van der Waals surface area contributed by atoms with Gasteiger partial charge in [0.25, 0.3) is 0 Å². The number of aliphatic hydroxyl groups excluding tert-OH is 1. The number of carboxylic acids is 1. The summed E-state index contributed by atoms with van der Waals surface area (Å²) in [7, 11) is 0. The Hall–Kier alpha value is -1.55. The number of hydrogen-bond donors (Lipinski definition) is 2. The first-order valence-electron chi connectivity index (χ1n) is 6.95. The molecule has 0 amide bonds. The van der Waals surface area contributed by atoms with Crippen molar-refractivity contribution in [3.63, 3.8) is 0 Å². The fourth-order valence-electron chi connectivity index (χ4n) is 2.72. The minimum Gasteiger partial charge on any atom is -0.478 e. The van der Waals surface area contributed by atoms with Crippen LogP contribution in [0.2, 0.25) is 0 Å². The molecule has 0 fully saturated rings. The molecule has 0 atom stereocenters. The smallest absolute Gasteiger partial charge is 0.336 e. The molecule has 0 saturated heterocycles. The van der Waals surface area contributed by atoms with E-state index in [0.29, 0.717) is 5.56 Å². The Morgan fingerprint density at radius 1 is 1.26 bits per heavy atom. The first kappa shape index (κ1) is 13.9. The first-order valence-corrected chi connectivity index (χ1v) is 6.95. The van der Waals surface area contributed by atoms with E-state index in [2.05, 4.69) is 4.90 Å². The van der Waals surface area contributed by atoms with Crippen LogP contribution in [0.5, 0.6) is 0 Å². The molecule has 1 aromatic carbocycles. The van der Waals surface area contributed by atoms with Crippen LogP contribution in [-0.4, -0.2) is 35.9 Å². The Kier molecular flexibility index (Phi) is 4.80. The summed E-state index contributed by atoms with van der Waals surface area (Å²) in [6.07, 6.45) is 4.76. The van der Waals surface area contributed by atoms with Crippen LogP contribution in [0.4, 0.5) is 5.69 Å². The summed E-state index contributed by atoms with van der Waals surface area (Å²) in [5.41, 5.74) is 2.50. The van der Waals surface area contributed by atoms with Crippen molar-refractivity contribution in [2.45, 2.75) is 32.1 Å². The third-order valence-corrected chi connectivity index (χ3v) is 3.66. The summed E-state index contributed by atoms with van der Waals surface area (Å²) in [4.78, 5) is 13.5. The lowest BCUT2D eigenvalue weighted by Crippen LogP contribution is -2.31. The topological polar surface area (TPSA) is 60.8 Å². The molecular weight excluding hydrogens is 242 g/mol. The van der Waals surface area contributed by atoms with Crippen LogP contribution in [0, 0.1) is 0 Å². The van der Waals surface area contributed by atoms with E-state index in [0.717, 1.165) is 56.4 Å². The lowest BCUT2D eigenvalue weighted by molar-refractivity contribution is 0.0695. The number of carboxylic acid groups (broad SMARTS) is 1. The van der Waals surface area contributed by atoms with Gasteiger partial charge < -0.3 is 15.1 Å². The van der Waals surface area contributed by atoms with E-state index in [9.17, 15) is 9.90 Å². The van der Waals surface area contributed by atoms with Crippen molar-refractivity contribution < 1.29 is 15.0 Å². The second-order valence-electron chi connectivity index (χ2n) is 4.98. The predicted molar refractivity (Wildman–Crippen MR) is 74.9 cm³/mol. The van der Waals surface area contributed by atoms with Gasteiger partial charge in [-0.2, -0.15) is 0 Å². The van der Waals surface area contributed by atoms with E-state index in [1.807, 2.05) is 12.1 Å². The average Bonchev–Trinajstić information content (AvgIpc) is 2.43. The van der Waals surface area contributed by atoms with Gasteiger partial charge in [-0.05, 0) is 49.8 Å². The van der Waals surface area contributed by atoms with Gasteiger partial charge in [-0.3, -0.25) is 0 Å². The Bertz CT molecular complexity index is 445. The molecule has 4 heteroatoms. The molecule has 19 heavy (non-hydrogen) atoms. The van der Waals surface area contributed by atoms with Crippen molar-refractivity contribution in [2.24, 2.45) is 0 Å². The maximum absolute atomic E-state index is 11.2. The highest BCUT2D eigenvalue weighted by Crippen LogP contribution is 2.30. The van der Waals surface area contributed by atoms with E-state index < -0.39 is 5.97 Å². The van der Waals surface area contributed by atoms with Crippen LogP contribution >= 0.6 is 0 Å². The minimum absolute atomic E-state index is 0.250. The molecule has 0 unspecified atom stereocenters. The van der Waals surface area contributed by atoms with Gasteiger partial charge in [0.05, 0.1) is 5.56 Å². The van der Waals surface area contributed by atoms with Gasteiger partial charge in [-0.25, -0.2) is 4.79 Å². The molecule has 0 saturated carbocycles. The van der Waals surface area contributed by atoms with Gasteiger partial charge in [-0.1, -0.05) is 6.07 Å². The maximum atomic E-state index is 11.2. The highest BCUT2D eigenvalue weighted by molar-refractivity contribution is 5.91. The number of carbonyl (C=O) groups is 1. The van der Waals surface area contributed by atoms with Crippen molar-refractivity contribution in [3.05, 3.63) is 29.3 Å². The molecule has 1 aromatic rings. The Balaban J connectivity index is 2.11. The van der Waals surface area contributed by atoms with Crippen LogP contribution in [0.25, 0.3) is 0 Å². The Morgan fingerprint density at radius 2 is 2.11 bits per heavy atom. The van der Waals surface area contributed by atoms with Gasteiger partial charge in [0.2, 0.25) is 0 Å². The number of rotatable bonds is 6. The lowest BCUT2D eigenvalue weighted by Gasteiger charge is -2.32. The molecule has 1 aliphatic heterocycles. The minimum atomic E-state index is -0.834. The molecule has 104 valence electrons. The molecule has 2 N–H and O–H groups in total. The molecule has 0 radical (unpaired) electrons. The van der Waals surface area contributed by atoms with Crippen LogP contribution in [0.1, 0.15) is 41.6 Å². The lowest BCUT2D eigenvalue weighted by atomic mass is 9.96. The normalized spacial score (nSPS) is 14.3. The molecular formula is C15H21NO3. The van der Waals surface area contributed by atoms with E-state index >= 15 is 0 Å². The van der Waals surface area contributed by atoms with Crippen molar-refractivity contribution in [3.8, 4) is 0 Å². The van der Waals surface area contributed by atoms with Crippen molar-refractivity contribution in [1.29, 1.82) is 0 Å². The number of aliphatic hydroxyl groups is 1. The fourth-order valence-corrected chi connectivity index (χ4v) is 2.72. The number of nitrogens with zero attached hydrogens (tertiary/aromatic N) is 1. The molecule has 0 aromatic heterocycles. The SMILES string of the molecule is O=C(O)c1cccc2c1CCCN2CCCCCO. The van der Waals surface area contributed by atoms with Crippen LogP contribution in [0.3, 0.4) is 0 Å². The average molecular weight is 263 g/mol. The summed E-state index contributed by atoms with van der Waals surface area (Å²) in [5, 5.41) is 18.0. The molecule has 2 rings (SSSR count). The second kappa shape index (κ2) is 6.57. The first-order chi connectivity index (χ1) is 9.24. The molecule has 0 bridgehead atoms. The van der Waals surface area contributed by atoms with Gasteiger partial charge in [0.1, 0.15) is 0 Å². The van der Waals surface area contributed by atoms with Crippen molar-refractivity contribution >= 4 is 11.7 Å². The number of fused-ring (bicyclic) bond motifs is 1.